The number of halogens is 2. The molecule has 3 aromatic heterocycles. The zero-order valence-corrected chi connectivity index (χ0v) is 14.7. The third-order valence-corrected chi connectivity index (χ3v) is 4.51. The lowest BCUT2D eigenvalue weighted by molar-refractivity contribution is 0.0950. The molecule has 9 heteroatoms. The molecule has 3 aromatic rings. The summed E-state index contributed by atoms with van der Waals surface area (Å²) >= 11 is 13.4. The Kier molecular flexibility index (Phi) is 5.34. The molecule has 0 atom stereocenters. The van der Waals surface area contributed by atoms with Gasteiger partial charge in [0, 0.05) is 19.3 Å². The Labute approximate surface area is 152 Å². The number of hydrogen-bond acceptors (Lipinski definition) is 5. The topological polar surface area (TPSA) is 82.7 Å². The average Bonchev–Trinajstić information content (AvgIpc) is 3.23. The minimum absolute atomic E-state index is 0.244. The summed E-state index contributed by atoms with van der Waals surface area (Å²) in [4.78, 5) is 17.2. The van der Waals surface area contributed by atoms with Crippen LogP contribution in [0.3, 0.4) is 0 Å². The molecule has 3 N–H and O–H groups in total. The van der Waals surface area contributed by atoms with E-state index in [4.69, 9.17) is 23.2 Å². The second-order valence-electron chi connectivity index (χ2n) is 4.81. The minimum Gasteiger partial charge on any atom is -0.367 e. The molecule has 0 aliphatic carbocycles. The fourth-order valence-corrected chi connectivity index (χ4v) is 3.13. The van der Waals surface area contributed by atoms with Gasteiger partial charge < -0.3 is 10.6 Å². The van der Waals surface area contributed by atoms with E-state index in [0.29, 0.717) is 34.6 Å². The van der Waals surface area contributed by atoms with Gasteiger partial charge in [0.25, 0.3) is 5.91 Å². The SMILES string of the molecule is O=C(NCCNc1ncc(Cl)cc1Cl)c1cc(-c2cccs2)[nH]n1. The van der Waals surface area contributed by atoms with Crippen molar-refractivity contribution in [2.75, 3.05) is 18.4 Å². The van der Waals surface area contributed by atoms with E-state index in [0.717, 1.165) is 10.6 Å². The van der Waals surface area contributed by atoms with Crippen molar-refractivity contribution in [3.8, 4) is 10.6 Å². The molecule has 0 saturated carbocycles. The van der Waals surface area contributed by atoms with Crippen molar-refractivity contribution < 1.29 is 4.79 Å². The first-order valence-electron chi connectivity index (χ1n) is 7.06. The van der Waals surface area contributed by atoms with Gasteiger partial charge in [-0.1, -0.05) is 29.3 Å². The third kappa shape index (κ3) is 4.05. The van der Waals surface area contributed by atoms with E-state index >= 15 is 0 Å². The van der Waals surface area contributed by atoms with Crippen LogP contribution >= 0.6 is 34.5 Å². The minimum atomic E-state index is -0.244. The molecule has 1 amide bonds. The zero-order chi connectivity index (χ0) is 16.9. The second kappa shape index (κ2) is 7.65. The Morgan fingerprint density at radius 2 is 2.17 bits per heavy atom. The number of pyridine rings is 1. The molecule has 0 unspecified atom stereocenters. The summed E-state index contributed by atoms with van der Waals surface area (Å²) in [5.74, 6) is 0.279. The van der Waals surface area contributed by atoms with Crippen LogP contribution in [0.2, 0.25) is 10.0 Å². The fourth-order valence-electron chi connectivity index (χ4n) is 1.99. The Balaban J connectivity index is 1.49. The molecule has 0 fully saturated rings. The number of thiophene rings is 1. The van der Waals surface area contributed by atoms with Crippen molar-refractivity contribution in [2.45, 2.75) is 0 Å². The summed E-state index contributed by atoms with van der Waals surface area (Å²) in [6, 6.07) is 7.24. The molecule has 0 spiro atoms. The Morgan fingerprint density at radius 3 is 2.92 bits per heavy atom. The Morgan fingerprint density at radius 1 is 1.29 bits per heavy atom. The van der Waals surface area contributed by atoms with Crippen molar-refractivity contribution in [3.05, 3.63) is 51.6 Å². The number of anilines is 1. The van der Waals surface area contributed by atoms with Crippen LogP contribution in [-0.4, -0.2) is 34.2 Å². The number of nitrogens with one attached hydrogen (secondary N) is 3. The molecule has 0 bridgehead atoms. The van der Waals surface area contributed by atoms with Gasteiger partial charge in [-0.05, 0) is 23.6 Å². The van der Waals surface area contributed by atoms with Crippen molar-refractivity contribution >= 4 is 46.3 Å². The van der Waals surface area contributed by atoms with Gasteiger partial charge in [-0.15, -0.1) is 11.3 Å². The zero-order valence-electron chi connectivity index (χ0n) is 12.3. The standard InChI is InChI=1S/C15H13Cl2N5OS/c16-9-6-10(17)14(20-8-9)18-3-4-19-15(23)12-7-11(21-22-12)13-2-1-5-24-13/h1-2,5-8H,3-4H2,(H,18,20)(H,19,23)(H,21,22). The molecule has 124 valence electrons. The summed E-state index contributed by atoms with van der Waals surface area (Å²) in [5, 5.41) is 15.6. The summed E-state index contributed by atoms with van der Waals surface area (Å²) in [7, 11) is 0. The molecule has 0 aromatic carbocycles. The molecule has 6 nitrogen and oxygen atoms in total. The maximum Gasteiger partial charge on any atom is 0.271 e. The lowest BCUT2D eigenvalue weighted by Crippen LogP contribution is -2.29. The van der Waals surface area contributed by atoms with E-state index in [9.17, 15) is 4.79 Å². The van der Waals surface area contributed by atoms with Crippen LogP contribution in [0, 0.1) is 0 Å². The molecular formula is C15H13Cl2N5OS. The van der Waals surface area contributed by atoms with Gasteiger partial charge in [-0.2, -0.15) is 5.10 Å². The van der Waals surface area contributed by atoms with Crippen LogP contribution in [0.4, 0.5) is 5.82 Å². The van der Waals surface area contributed by atoms with Gasteiger partial charge in [0.1, 0.15) is 5.82 Å². The molecule has 0 radical (unpaired) electrons. The summed E-state index contributed by atoms with van der Waals surface area (Å²) in [6.07, 6.45) is 1.50. The van der Waals surface area contributed by atoms with E-state index in [1.807, 2.05) is 17.5 Å². The first kappa shape index (κ1) is 16.8. The lowest BCUT2D eigenvalue weighted by Gasteiger charge is -2.08. The number of aromatic nitrogens is 3. The molecule has 0 aliphatic heterocycles. The van der Waals surface area contributed by atoms with Crippen molar-refractivity contribution in [1.82, 2.24) is 20.5 Å². The number of aromatic amines is 1. The molecule has 0 saturated heterocycles. The molecular weight excluding hydrogens is 369 g/mol. The van der Waals surface area contributed by atoms with Gasteiger partial charge >= 0.3 is 0 Å². The summed E-state index contributed by atoms with van der Waals surface area (Å²) in [6.45, 7) is 0.878. The Bertz CT molecular complexity index is 834. The number of nitrogens with zero attached hydrogens (tertiary/aromatic N) is 2. The van der Waals surface area contributed by atoms with Crippen LogP contribution in [0.5, 0.6) is 0 Å². The second-order valence-corrected chi connectivity index (χ2v) is 6.60. The van der Waals surface area contributed by atoms with Crippen LogP contribution in [0.1, 0.15) is 10.5 Å². The van der Waals surface area contributed by atoms with Gasteiger partial charge in [0.05, 0.1) is 20.6 Å². The maximum atomic E-state index is 12.1. The van der Waals surface area contributed by atoms with Gasteiger partial charge in [0.2, 0.25) is 0 Å². The van der Waals surface area contributed by atoms with Crippen molar-refractivity contribution in [2.24, 2.45) is 0 Å². The highest BCUT2D eigenvalue weighted by atomic mass is 35.5. The largest absolute Gasteiger partial charge is 0.367 e. The summed E-state index contributed by atoms with van der Waals surface area (Å²) in [5.41, 5.74) is 1.17. The highest BCUT2D eigenvalue weighted by molar-refractivity contribution is 7.13. The van der Waals surface area contributed by atoms with Crippen LogP contribution in [0.15, 0.2) is 35.8 Å². The normalized spacial score (nSPS) is 10.6. The number of hydrogen-bond donors (Lipinski definition) is 3. The number of H-pyrrole nitrogens is 1. The first-order chi connectivity index (χ1) is 11.6. The quantitative estimate of drug-likeness (QED) is 0.568. The predicted molar refractivity (Wildman–Crippen MR) is 97.0 cm³/mol. The number of carbonyl (C=O) groups excluding carboxylic acids is 1. The smallest absolute Gasteiger partial charge is 0.271 e. The van der Waals surface area contributed by atoms with Crippen LogP contribution in [-0.2, 0) is 0 Å². The molecule has 3 heterocycles. The van der Waals surface area contributed by atoms with Gasteiger partial charge in [-0.3, -0.25) is 9.89 Å². The van der Waals surface area contributed by atoms with Gasteiger partial charge in [-0.25, -0.2) is 4.98 Å². The third-order valence-electron chi connectivity index (χ3n) is 3.11. The maximum absolute atomic E-state index is 12.1. The fraction of sp³-hybridized carbons (Fsp3) is 0.133. The average molecular weight is 382 g/mol. The van der Waals surface area contributed by atoms with E-state index in [1.165, 1.54) is 6.20 Å². The monoisotopic (exact) mass is 381 g/mol. The Hall–Kier alpha value is -2.09. The van der Waals surface area contributed by atoms with Crippen molar-refractivity contribution in [1.29, 1.82) is 0 Å². The highest BCUT2D eigenvalue weighted by Crippen LogP contribution is 2.23. The summed E-state index contributed by atoms with van der Waals surface area (Å²) < 4.78 is 0. The van der Waals surface area contributed by atoms with Gasteiger partial charge in [0.15, 0.2) is 5.69 Å². The van der Waals surface area contributed by atoms with Crippen LogP contribution in [0.25, 0.3) is 10.6 Å². The molecule has 0 aliphatic rings. The lowest BCUT2D eigenvalue weighted by atomic mass is 10.3. The van der Waals surface area contributed by atoms with Crippen LogP contribution < -0.4 is 10.6 Å². The number of rotatable bonds is 6. The molecule has 24 heavy (non-hydrogen) atoms. The highest BCUT2D eigenvalue weighted by Gasteiger charge is 2.11. The van der Waals surface area contributed by atoms with E-state index in [-0.39, 0.29) is 5.91 Å². The number of carbonyl (C=O) groups is 1. The van der Waals surface area contributed by atoms with E-state index in [2.05, 4.69) is 25.8 Å². The first-order valence-corrected chi connectivity index (χ1v) is 8.69. The molecule has 3 rings (SSSR count). The van der Waals surface area contributed by atoms with E-state index in [1.54, 1.807) is 23.5 Å². The number of amides is 1. The predicted octanol–water partition coefficient (Wildman–Crippen LogP) is 3.68. The van der Waals surface area contributed by atoms with Crippen molar-refractivity contribution in [3.63, 3.8) is 0 Å². The van der Waals surface area contributed by atoms with E-state index < -0.39 is 0 Å².